The monoisotopic (exact) mass is 336 g/mol. The van der Waals surface area contributed by atoms with E-state index in [9.17, 15) is 0 Å². The Morgan fingerprint density at radius 1 is 0.864 bits per heavy atom. The Bertz CT molecular complexity index is 622. The predicted octanol–water partition coefficient (Wildman–Crippen LogP) is 2.17. The van der Waals surface area contributed by atoms with Gasteiger partial charge in [-0.2, -0.15) is 0 Å². The van der Waals surface area contributed by atoms with Crippen molar-refractivity contribution in [1.82, 2.24) is 0 Å². The van der Waals surface area contributed by atoms with Crippen LogP contribution in [0.3, 0.4) is 0 Å². The van der Waals surface area contributed by atoms with Gasteiger partial charge in [-0.25, -0.2) is 0 Å². The van der Waals surface area contributed by atoms with Crippen LogP contribution in [-0.2, 0) is 0 Å². The Hall–Kier alpha value is -1.06. The van der Waals surface area contributed by atoms with Crippen molar-refractivity contribution in [2.45, 2.75) is 13.0 Å². The van der Waals surface area contributed by atoms with E-state index in [4.69, 9.17) is 23.2 Å². The average Bonchev–Trinajstić information content (AvgIpc) is 2.58. The second-order valence-corrected chi connectivity index (χ2v) is 6.84. The summed E-state index contributed by atoms with van der Waals surface area (Å²) in [6.45, 7) is 6.93. The first-order valence-corrected chi connectivity index (χ1v) is 8.60. The fraction of sp³-hybridized carbons (Fsp3) is 0.333. The van der Waals surface area contributed by atoms with Gasteiger partial charge in [-0.15, -0.1) is 0 Å². The third-order valence-corrected chi connectivity index (χ3v) is 5.47. The topological polar surface area (TPSA) is 8.88 Å². The Morgan fingerprint density at radius 2 is 1.55 bits per heavy atom. The van der Waals surface area contributed by atoms with Crippen LogP contribution in [0.25, 0.3) is 0 Å². The van der Waals surface area contributed by atoms with Crippen molar-refractivity contribution in [1.29, 1.82) is 0 Å². The van der Waals surface area contributed by atoms with E-state index < -0.39 is 0 Å². The molecule has 3 rings (SSSR count). The molecule has 4 heteroatoms. The number of rotatable bonds is 3. The Labute approximate surface area is 142 Å². The van der Waals surface area contributed by atoms with Crippen molar-refractivity contribution < 1.29 is 9.80 Å². The number of nitrogens with one attached hydrogen (secondary N) is 2. The highest BCUT2D eigenvalue weighted by Crippen LogP contribution is 2.23. The number of piperazine rings is 1. The Morgan fingerprint density at radius 3 is 2.18 bits per heavy atom. The van der Waals surface area contributed by atoms with Crippen LogP contribution < -0.4 is 9.80 Å². The largest absolute Gasteiger partial charge is 0.320 e. The van der Waals surface area contributed by atoms with Gasteiger partial charge < -0.3 is 4.90 Å². The highest BCUT2D eigenvalue weighted by Gasteiger charge is 2.28. The Kier molecular flexibility index (Phi) is 5.04. The number of halogens is 2. The molecule has 1 aliphatic heterocycles. The third-order valence-electron chi connectivity index (χ3n) is 4.74. The quantitative estimate of drug-likeness (QED) is 0.850. The molecule has 2 N–H and O–H groups in total. The van der Waals surface area contributed by atoms with Gasteiger partial charge in [0, 0.05) is 17.7 Å². The zero-order valence-corrected chi connectivity index (χ0v) is 14.3. The number of hydrogen-bond acceptors (Lipinski definition) is 0. The van der Waals surface area contributed by atoms with Crippen LogP contribution in [0, 0.1) is 0 Å². The molecule has 2 nitrogen and oxygen atoms in total. The highest BCUT2D eigenvalue weighted by molar-refractivity contribution is 6.42. The lowest BCUT2D eigenvalue weighted by Gasteiger charge is -2.33. The first kappa shape index (κ1) is 15.8. The van der Waals surface area contributed by atoms with E-state index in [-0.39, 0.29) is 0 Å². The first-order valence-electron chi connectivity index (χ1n) is 7.85. The average molecular weight is 337 g/mol. The molecule has 2 aromatic carbocycles. The molecule has 1 aliphatic rings. The molecule has 2 aromatic rings. The molecule has 0 spiro atoms. The van der Waals surface area contributed by atoms with Crippen LogP contribution in [0.1, 0.15) is 18.5 Å². The van der Waals surface area contributed by atoms with Crippen LogP contribution >= 0.6 is 23.2 Å². The van der Waals surface area contributed by atoms with Crippen molar-refractivity contribution in [2.75, 3.05) is 26.2 Å². The highest BCUT2D eigenvalue weighted by atomic mass is 35.5. The molecule has 0 bridgehead atoms. The second-order valence-electron chi connectivity index (χ2n) is 6.02. The summed E-state index contributed by atoms with van der Waals surface area (Å²) in [6.07, 6.45) is 0. The van der Waals surface area contributed by atoms with E-state index in [1.165, 1.54) is 29.2 Å². The predicted molar refractivity (Wildman–Crippen MR) is 92.4 cm³/mol. The summed E-state index contributed by atoms with van der Waals surface area (Å²) in [4.78, 5) is 3.16. The minimum Gasteiger partial charge on any atom is -0.320 e. The van der Waals surface area contributed by atoms with Crippen molar-refractivity contribution in [3.63, 3.8) is 0 Å². The minimum atomic E-state index is 0.552. The number of hydrogen-bond donors (Lipinski definition) is 2. The maximum atomic E-state index is 6.14. The van der Waals surface area contributed by atoms with Gasteiger partial charge in [0.2, 0.25) is 0 Å². The summed E-state index contributed by atoms with van der Waals surface area (Å²) >= 11 is 12.1. The van der Waals surface area contributed by atoms with E-state index in [1.54, 1.807) is 4.90 Å². The summed E-state index contributed by atoms with van der Waals surface area (Å²) < 4.78 is 0. The molecule has 22 heavy (non-hydrogen) atoms. The van der Waals surface area contributed by atoms with Crippen LogP contribution in [0.4, 0.5) is 5.69 Å². The standard InChI is InChI=1S/C18H20Cl2N2/c1-14(15-5-3-2-4-6-15)21-9-11-22(12-10-21)16-7-8-17(19)18(20)13-16/h2-8,13-14H,9-12H2,1H3/p+2. The normalized spacial score (nSPS) is 23.2. The molecule has 1 saturated heterocycles. The molecule has 1 fully saturated rings. The maximum Gasteiger partial charge on any atom is 0.133 e. The molecule has 0 amide bonds. The molecule has 1 unspecified atom stereocenters. The van der Waals surface area contributed by atoms with Gasteiger partial charge in [-0.05, 0) is 13.0 Å². The van der Waals surface area contributed by atoms with Gasteiger partial charge in [-0.1, -0.05) is 53.5 Å². The van der Waals surface area contributed by atoms with E-state index in [2.05, 4.69) is 43.3 Å². The lowest BCUT2D eigenvalue weighted by atomic mass is 10.1. The van der Waals surface area contributed by atoms with Crippen molar-refractivity contribution in [3.8, 4) is 0 Å². The maximum absolute atomic E-state index is 6.14. The molecule has 0 radical (unpaired) electrons. The zero-order chi connectivity index (χ0) is 15.5. The van der Waals surface area contributed by atoms with Gasteiger partial charge in [0.15, 0.2) is 0 Å². The lowest BCUT2D eigenvalue weighted by molar-refractivity contribution is -1.00. The van der Waals surface area contributed by atoms with Crippen LogP contribution in [0.5, 0.6) is 0 Å². The summed E-state index contributed by atoms with van der Waals surface area (Å²) in [5.74, 6) is 0. The number of benzene rings is 2. The van der Waals surface area contributed by atoms with Crippen molar-refractivity contribution >= 4 is 28.9 Å². The fourth-order valence-corrected chi connectivity index (χ4v) is 3.59. The SMILES string of the molecule is CC(c1ccccc1)[NH+]1CC[NH+](c2ccc(Cl)c(Cl)c2)CC1. The Balaban J connectivity index is 1.64. The first-order chi connectivity index (χ1) is 10.6. The van der Waals surface area contributed by atoms with E-state index in [1.807, 2.05) is 12.1 Å². The third kappa shape index (κ3) is 3.47. The summed E-state index contributed by atoms with van der Waals surface area (Å²) in [6, 6.07) is 17.4. The summed E-state index contributed by atoms with van der Waals surface area (Å²) in [5, 5.41) is 1.28. The second kappa shape index (κ2) is 7.01. The molecule has 0 saturated carbocycles. The summed E-state index contributed by atoms with van der Waals surface area (Å²) in [7, 11) is 0. The van der Waals surface area contributed by atoms with E-state index in [0.29, 0.717) is 16.1 Å². The zero-order valence-electron chi connectivity index (χ0n) is 12.8. The molecule has 1 atom stereocenters. The van der Waals surface area contributed by atoms with Crippen LogP contribution in [-0.4, -0.2) is 26.2 Å². The molecule has 0 aliphatic carbocycles. The van der Waals surface area contributed by atoms with Gasteiger partial charge in [0.25, 0.3) is 0 Å². The molecular formula is C18H22Cl2N2+2. The minimum absolute atomic E-state index is 0.552. The molecule has 116 valence electrons. The summed E-state index contributed by atoms with van der Waals surface area (Å²) in [5.41, 5.74) is 2.68. The van der Waals surface area contributed by atoms with E-state index >= 15 is 0 Å². The van der Waals surface area contributed by atoms with Gasteiger partial charge >= 0.3 is 0 Å². The van der Waals surface area contributed by atoms with Gasteiger partial charge in [-0.3, -0.25) is 4.90 Å². The number of quaternary nitrogens is 2. The van der Waals surface area contributed by atoms with Gasteiger partial charge in [0.05, 0.1) is 10.0 Å². The smallest absolute Gasteiger partial charge is 0.133 e. The van der Waals surface area contributed by atoms with Crippen molar-refractivity contribution in [3.05, 3.63) is 64.1 Å². The van der Waals surface area contributed by atoms with Gasteiger partial charge in [0.1, 0.15) is 37.9 Å². The van der Waals surface area contributed by atoms with Crippen LogP contribution in [0.15, 0.2) is 48.5 Å². The van der Waals surface area contributed by atoms with Crippen molar-refractivity contribution in [2.24, 2.45) is 0 Å². The van der Waals surface area contributed by atoms with Crippen LogP contribution in [0.2, 0.25) is 10.0 Å². The fourth-order valence-electron chi connectivity index (χ4n) is 3.29. The van der Waals surface area contributed by atoms with E-state index in [0.717, 1.165) is 13.1 Å². The lowest BCUT2D eigenvalue weighted by Crippen LogP contribution is -3.26. The molecule has 1 heterocycles. The molecular weight excluding hydrogens is 315 g/mol. The molecule has 0 aromatic heterocycles.